The Morgan fingerprint density at radius 2 is 1.88 bits per heavy atom. The molecule has 1 aromatic rings. The van der Waals surface area contributed by atoms with E-state index in [2.05, 4.69) is 5.32 Å². The van der Waals surface area contributed by atoms with Crippen LogP contribution in [-0.4, -0.2) is 33.2 Å². The number of nitro groups is 1. The highest BCUT2D eigenvalue weighted by molar-refractivity contribution is 8.00. The molecule has 2 rings (SSSR count). The molecule has 1 saturated carbocycles. The molecule has 25 heavy (non-hydrogen) atoms. The van der Waals surface area contributed by atoms with Crippen molar-refractivity contribution in [2.75, 3.05) is 0 Å². The Balaban J connectivity index is 1.96. The zero-order valence-electron chi connectivity index (χ0n) is 14.0. The molecule has 8 heteroatoms. The molecule has 0 spiro atoms. The molecule has 7 nitrogen and oxygen atoms in total. The number of carboxylic acid groups (broad SMARTS) is 1. The van der Waals surface area contributed by atoms with Gasteiger partial charge < -0.3 is 10.4 Å². The van der Waals surface area contributed by atoms with Crippen LogP contribution in [0.2, 0.25) is 0 Å². The molecule has 136 valence electrons. The predicted molar refractivity (Wildman–Crippen MR) is 94.6 cm³/mol. The largest absolute Gasteiger partial charge is 0.481 e. The summed E-state index contributed by atoms with van der Waals surface area (Å²) in [5, 5.41) is 22.5. The van der Waals surface area contributed by atoms with E-state index in [1.807, 2.05) is 0 Å². The number of nitrogens with one attached hydrogen (secondary N) is 1. The molecule has 1 aromatic carbocycles. The Morgan fingerprint density at radius 1 is 1.24 bits per heavy atom. The average Bonchev–Trinajstić information content (AvgIpc) is 2.80. The highest BCUT2D eigenvalue weighted by atomic mass is 32.2. The first-order valence-corrected chi connectivity index (χ1v) is 9.20. The molecule has 0 aliphatic heterocycles. The lowest BCUT2D eigenvalue weighted by Crippen LogP contribution is -2.45. The Labute approximate surface area is 150 Å². The zero-order valence-corrected chi connectivity index (χ0v) is 14.8. The number of nitro benzene ring substituents is 1. The maximum absolute atomic E-state index is 12.4. The Hall–Kier alpha value is -2.09. The van der Waals surface area contributed by atoms with Crippen molar-refractivity contribution < 1.29 is 19.6 Å². The van der Waals surface area contributed by atoms with Gasteiger partial charge in [0.05, 0.1) is 16.1 Å². The number of hydrogen-bond acceptors (Lipinski definition) is 5. The Morgan fingerprint density at radius 3 is 2.48 bits per heavy atom. The number of carbonyl (C=O) groups excluding carboxylic acids is 1. The number of non-ortho nitro benzene ring substituents is 1. The molecule has 1 unspecified atom stereocenters. The first-order valence-electron chi connectivity index (χ1n) is 8.33. The minimum atomic E-state index is -0.858. The van der Waals surface area contributed by atoms with Crippen LogP contribution in [0.3, 0.4) is 0 Å². The van der Waals surface area contributed by atoms with Gasteiger partial charge in [-0.25, -0.2) is 0 Å². The smallest absolute Gasteiger partial charge is 0.308 e. The summed E-state index contributed by atoms with van der Waals surface area (Å²) in [6.07, 6.45) is 4.04. The summed E-state index contributed by atoms with van der Waals surface area (Å²) in [7, 11) is 0. The van der Waals surface area contributed by atoms with Crippen LogP contribution in [0, 0.1) is 16.0 Å². The van der Waals surface area contributed by atoms with E-state index in [0.717, 1.165) is 24.2 Å². The van der Waals surface area contributed by atoms with Crippen molar-refractivity contribution in [3.05, 3.63) is 34.4 Å². The van der Waals surface area contributed by atoms with Crippen LogP contribution in [0.1, 0.15) is 39.0 Å². The third kappa shape index (κ3) is 5.45. The van der Waals surface area contributed by atoms with Crippen molar-refractivity contribution in [2.24, 2.45) is 5.92 Å². The topological polar surface area (TPSA) is 110 Å². The van der Waals surface area contributed by atoms with E-state index in [4.69, 9.17) is 0 Å². The minimum absolute atomic E-state index is 0.00390. The number of thioether (sulfide) groups is 1. The van der Waals surface area contributed by atoms with Gasteiger partial charge in [-0.15, -0.1) is 11.8 Å². The third-order valence-electron chi connectivity index (χ3n) is 4.39. The molecular weight excluding hydrogens is 344 g/mol. The van der Waals surface area contributed by atoms with E-state index < -0.39 is 22.1 Å². The van der Waals surface area contributed by atoms with Gasteiger partial charge in [0.25, 0.3) is 5.69 Å². The van der Waals surface area contributed by atoms with Crippen molar-refractivity contribution in [2.45, 2.75) is 55.2 Å². The fraction of sp³-hybridized carbons (Fsp3) is 0.529. The zero-order chi connectivity index (χ0) is 18.4. The first kappa shape index (κ1) is 19.2. The molecule has 0 saturated heterocycles. The van der Waals surface area contributed by atoms with Gasteiger partial charge in [0.15, 0.2) is 0 Å². The van der Waals surface area contributed by atoms with Crippen LogP contribution >= 0.6 is 11.8 Å². The molecule has 0 radical (unpaired) electrons. The van der Waals surface area contributed by atoms with Crippen LogP contribution in [0.25, 0.3) is 0 Å². The third-order valence-corrected chi connectivity index (χ3v) is 5.50. The first-order chi connectivity index (χ1) is 11.9. The summed E-state index contributed by atoms with van der Waals surface area (Å²) in [4.78, 5) is 34.8. The maximum Gasteiger partial charge on any atom is 0.308 e. The van der Waals surface area contributed by atoms with Crippen molar-refractivity contribution in [3.8, 4) is 0 Å². The van der Waals surface area contributed by atoms with Crippen LogP contribution in [0.5, 0.6) is 0 Å². The molecule has 1 fully saturated rings. The van der Waals surface area contributed by atoms with Crippen LogP contribution < -0.4 is 5.32 Å². The van der Waals surface area contributed by atoms with Gasteiger partial charge in [-0.3, -0.25) is 19.7 Å². The second-order valence-corrected chi connectivity index (χ2v) is 7.62. The van der Waals surface area contributed by atoms with Gasteiger partial charge >= 0.3 is 5.97 Å². The normalized spacial score (nSPS) is 21.8. The lowest BCUT2D eigenvalue weighted by atomic mass is 9.95. The molecule has 1 aliphatic carbocycles. The van der Waals surface area contributed by atoms with E-state index in [0.29, 0.717) is 12.8 Å². The van der Waals surface area contributed by atoms with E-state index in [-0.39, 0.29) is 17.6 Å². The molecule has 0 bridgehead atoms. The molecule has 1 amide bonds. The summed E-state index contributed by atoms with van der Waals surface area (Å²) in [5.41, 5.74) is 0.00390. The van der Waals surface area contributed by atoms with E-state index >= 15 is 0 Å². The van der Waals surface area contributed by atoms with Crippen LogP contribution in [0.15, 0.2) is 29.2 Å². The van der Waals surface area contributed by atoms with E-state index in [1.165, 1.54) is 23.9 Å². The van der Waals surface area contributed by atoms with E-state index in [9.17, 15) is 24.8 Å². The summed E-state index contributed by atoms with van der Waals surface area (Å²) in [5.74, 6) is -1.60. The Kier molecular flexibility index (Phi) is 6.81. The molecular formula is C17H22N2O5S. The SMILES string of the molecule is CC(Sc1ccc([N+](=O)[O-])cc1)C(=O)N[C@H]1CCCCC[C@H]1C(=O)O. The molecule has 0 aromatic heterocycles. The van der Waals surface area contributed by atoms with Gasteiger partial charge in [-0.2, -0.15) is 0 Å². The van der Waals surface area contributed by atoms with Gasteiger partial charge in [0.2, 0.25) is 5.91 Å². The van der Waals surface area contributed by atoms with Gasteiger partial charge in [-0.05, 0) is 31.9 Å². The maximum atomic E-state index is 12.4. The highest BCUT2D eigenvalue weighted by Gasteiger charge is 2.31. The predicted octanol–water partition coefficient (Wildman–Crippen LogP) is 3.23. The number of amides is 1. The monoisotopic (exact) mass is 366 g/mol. The minimum Gasteiger partial charge on any atom is -0.481 e. The summed E-state index contributed by atoms with van der Waals surface area (Å²) < 4.78 is 0. The summed E-state index contributed by atoms with van der Waals surface area (Å²) in [6.45, 7) is 1.74. The van der Waals surface area contributed by atoms with Crippen LogP contribution in [-0.2, 0) is 9.59 Å². The highest BCUT2D eigenvalue weighted by Crippen LogP contribution is 2.27. The number of rotatable bonds is 6. The number of hydrogen-bond donors (Lipinski definition) is 2. The van der Waals surface area contributed by atoms with Crippen molar-refractivity contribution in [1.29, 1.82) is 0 Å². The second-order valence-electron chi connectivity index (χ2n) is 6.21. The lowest BCUT2D eigenvalue weighted by molar-refractivity contribution is -0.384. The quantitative estimate of drug-likeness (QED) is 0.346. The van der Waals surface area contributed by atoms with Gasteiger partial charge in [0.1, 0.15) is 0 Å². The van der Waals surface area contributed by atoms with Crippen LogP contribution in [0.4, 0.5) is 5.69 Å². The molecule has 1 aliphatic rings. The molecule has 2 N–H and O–H groups in total. The van der Waals surface area contributed by atoms with Crippen molar-refractivity contribution in [3.63, 3.8) is 0 Å². The van der Waals surface area contributed by atoms with Crippen molar-refractivity contribution in [1.82, 2.24) is 5.32 Å². The summed E-state index contributed by atoms with van der Waals surface area (Å²) >= 11 is 1.29. The molecule has 3 atom stereocenters. The lowest BCUT2D eigenvalue weighted by Gasteiger charge is -2.24. The van der Waals surface area contributed by atoms with E-state index in [1.54, 1.807) is 19.1 Å². The number of aliphatic carboxylic acids is 1. The average molecular weight is 366 g/mol. The molecule has 0 heterocycles. The number of carboxylic acids is 1. The fourth-order valence-electron chi connectivity index (χ4n) is 2.98. The Bertz CT molecular complexity index is 634. The number of nitrogens with zero attached hydrogens (tertiary/aromatic N) is 1. The standard InChI is InChI=1S/C17H22N2O5S/c1-11(25-13-9-7-12(8-10-13)19(23)24)16(20)18-15-6-4-2-3-5-14(15)17(21)22/h7-11,14-15H,2-6H2,1H3,(H,18,20)(H,21,22)/t11?,14-,15+/m1/s1. The van der Waals surface area contributed by atoms with Gasteiger partial charge in [-0.1, -0.05) is 19.3 Å². The van der Waals surface area contributed by atoms with Gasteiger partial charge in [0, 0.05) is 23.1 Å². The summed E-state index contributed by atoms with van der Waals surface area (Å²) in [6, 6.07) is 5.68. The number of carbonyl (C=O) groups is 2. The number of benzene rings is 1. The van der Waals surface area contributed by atoms with Crippen molar-refractivity contribution >= 4 is 29.3 Å². The fourth-order valence-corrected chi connectivity index (χ4v) is 3.86. The second kappa shape index (κ2) is 8.84.